The van der Waals surface area contributed by atoms with Gasteiger partial charge in [-0.1, -0.05) is 18.2 Å². The average Bonchev–Trinajstić information content (AvgIpc) is 2.21. The molecule has 0 bridgehead atoms. The zero-order valence-corrected chi connectivity index (χ0v) is 9.53. The lowest BCUT2D eigenvalue weighted by molar-refractivity contribution is -0.117. The highest BCUT2D eigenvalue weighted by Gasteiger charge is 2.32. The fraction of sp³-hybridized carbons (Fsp3) is 0.250. The van der Waals surface area contributed by atoms with Gasteiger partial charge in [0.05, 0.1) is 5.66 Å². The van der Waals surface area contributed by atoms with Crippen LogP contribution in [0.4, 0.5) is 0 Å². The molecule has 1 aliphatic carbocycles. The first-order valence-electron chi connectivity index (χ1n) is 5.30. The van der Waals surface area contributed by atoms with E-state index in [1.807, 2.05) is 0 Å². The Morgan fingerprint density at radius 1 is 1.47 bits per heavy atom. The molecule has 0 aliphatic heterocycles. The lowest BCUT2D eigenvalue weighted by Gasteiger charge is -2.32. The minimum absolute atomic E-state index is 0.0449. The first-order valence-corrected chi connectivity index (χ1v) is 5.30. The van der Waals surface area contributed by atoms with Crippen LogP contribution in [0.1, 0.15) is 24.5 Å². The minimum Gasteiger partial charge on any atom is -0.508 e. The van der Waals surface area contributed by atoms with Crippen molar-refractivity contribution in [2.24, 2.45) is 11.5 Å². The van der Waals surface area contributed by atoms with Crippen LogP contribution in [0.2, 0.25) is 0 Å². The number of nitrogens with one attached hydrogen (secondary N) is 1. The number of fused-ring (bicyclic) bond motifs is 1. The highest BCUT2D eigenvalue weighted by molar-refractivity contribution is 5.87. The molecule has 17 heavy (non-hydrogen) atoms. The molecule has 0 aromatic heterocycles. The molecule has 0 fully saturated rings. The summed E-state index contributed by atoms with van der Waals surface area (Å²) in [5, 5.41) is 12.5. The Hall–Kier alpha value is -1.85. The molecule has 0 spiro atoms. The van der Waals surface area contributed by atoms with Crippen molar-refractivity contribution in [1.29, 1.82) is 0 Å². The monoisotopic (exact) mass is 233 g/mol. The summed E-state index contributed by atoms with van der Waals surface area (Å²) in [7, 11) is 0. The summed E-state index contributed by atoms with van der Waals surface area (Å²) in [6.07, 6.45) is 2.12. The number of hydrogen-bond acceptors (Lipinski definition) is 4. The molecule has 5 heteroatoms. The summed E-state index contributed by atoms with van der Waals surface area (Å²) in [6, 6.07) is 4.99. The summed E-state index contributed by atoms with van der Waals surface area (Å²) in [6.45, 7) is 1.43. The van der Waals surface area contributed by atoms with Gasteiger partial charge in [-0.15, -0.1) is 0 Å². The molecule has 0 unspecified atom stereocenters. The molecule has 0 saturated heterocycles. The third-order valence-corrected chi connectivity index (χ3v) is 2.75. The van der Waals surface area contributed by atoms with E-state index in [4.69, 9.17) is 11.5 Å². The molecule has 1 aromatic rings. The Morgan fingerprint density at radius 3 is 2.82 bits per heavy atom. The van der Waals surface area contributed by atoms with Gasteiger partial charge in [-0.05, 0) is 6.07 Å². The normalized spacial score (nSPS) is 17.0. The second-order valence-electron chi connectivity index (χ2n) is 4.24. The summed E-state index contributed by atoms with van der Waals surface area (Å²) < 4.78 is 0. The van der Waals surface area contributed by atoms with Crippen LogP contribution in [0.15, 0.2) is 24.3 Å². The molecule has 0 saturated carbocycles. The quantitative estimate of drug-likeness (QED) is 0.525. The predicted octanol–water partition coefficient (Wildman–Crippen LogP) is 0.343. The van der Waals surface area contributed by atoms with Crippen LogP contribution in [0.3, 0.4) is 0 Å². The van der Waals surface area contributed by atoms with E-state index in [1.165, 1.54) is 13.0 Å². The molecule has 0 radical (unpaired) electrons. The van der Waals surface area contributed by atoms with Crippen LogP contribution in [-0.4, -0.2) is 11.0 Å². The van der Waals surface area contributed by atoms with Crippen LogP contribution in [-0.2, 0) is 10.5 Å². The van der Waals surface area contributed by atoms with Gasteiger partial charge in [-0.2, -0.15) is 0 Å². The number of nitrogens with two attached hydrogens (primary N) is 2. The van der Waals surface area contributed by atoms with E-state index in [0.29, 0.717) is 23.2 Å². The van der Waals surface area contributed by atoms with E-state index in [9.17, 15) is 9.90 Å². The average molecular weight is 233 g/mol. The standard InChI is InChI=1S/C12H15N3O2/c1-7(16)15-9-5-6-12(13,14)11-8(9)3-2-4-10(11)17/h2-5,17H,6,13-14H2,1H3,(H,15,16). The summed E-state index contributed by atoms with van der Waals surface area (Å²) >= 11 is 0. The molecule has 6 N–H and O–H groups in total. The number of aromatic hydroxyl groups is 1. The molecule has 5 nitrogen and oxygen atoms in total. The van der Waals surface area contributed by atoms with E-state index in [1.54, 1.807) is 18.2 Å². The molecule has 90 valence electrons. The van der Waals surface area contributed by atoms with Gasteiger partial charge in [0.1, 0.15) is 5.75 Å². The highest BCUT2D eigenvalue weighted by Crippen LogP contribution is 2.37. The molecule has 2 rings (SSSR count). The minimum atomic E-state index is -1.11. The van der Waals surface area contributed by atoms with E-state index in [2.05, 4.69) is 5.32 Å². The van der Waals surface area contributed by atoms with Gasteiger partial charge in [0, 0.05) is 30.2 Å². The maximum absolute atomic E-state index is 11.1. The lowest BCUT2D eigenvalue weighted by atomic mass is 9.85. The fourth-order valence-corrected chi connectivity index (χ4v) is 2.04. The van der Waals surface area contributed by atoms with Gasteiger partial charge >= 0.3 is 0 Å². The van der Waals surface area contributed by atoms with Gasteiger partial charge in [0.2, 0.25) is 5.91 Å². The number of amides is 1. The summed E-state index contributed by atoms with van der Waals surface area (Å²) in [5.41, 5.74) is 12.5. The maximum atomic E-state index is 11.1. The van der Waals surface area contributed by atoms with Crippen molar-refractivity contribution in [3.05, 3.63) is 35.4 Å². The van der Waals surface area contributed by atoms with Crippen molar-refractivity contribution in [3.8, 4) is 5.75 Å². The highest BCUT2D eigenvalue weighted by atomic mass is 16.3. The second-order valence-corrected chi connectivity index (χ2v) is 4.24. The maximum Gasteiger partial charge on any atom is 0.221 e. The van der Waals surface area contributed by atoms with E-state index in [0.717, 1.165) is 0 Å². The first-order chi connectivity index (χ1) is 7.92. The van der Waals surface area contributed by atoms with Gasteiger partial charge in [0.25, 0.3) is 0 Å². The van der Waals surface area contributed by atoms with Crippen LogP contribution in [0, 0.1) is 0 Å². The van der Waals surface area contributed by atoms with Crippen molar-refractivity contribution in [1.82, 2.24) is 5.32 Å². The Labute approximate surface area is 99.1 Å². The van der Waals surface area contributed by atoms with Gasteiger partial charge in [-0.25, -0.2) is 0 Å². The zero-order valence-electron chi connectivity index (χ0n) is 9.53. The number of phenols is 1. The van der Waals surface area contributed by atoms with Crippen LogP contribution >= 0.6 is 0 Å². The Kier molecular flexibility index (Phi) is 2.65. The van der Waals surface area contributed by atoms with Crippen LogP contribution in [0.25, 0.3) is 5.70 Å². The van der Waals surface area contributed by atoms with E-state index >= 15 is 0 Å². The number of phenolic OH excluding ortho intramolecular Hbond substituents is 1. The molecule has 0 atom stereocenters. The van der Waals surface area contributed by atoms with Crippen molar-refractivity contribution in [2.45, 2.75) is 19.0 Å². The Balaban J connectivity index is 2.56. The van der Waals surface area contributed by atoms with Crippen molar-refractivity contribution >= 4 is 11.6 Å². The number of carbonyl (C=O) groups is 1. The predicted molar refractivity (Wildman–Crippen MR) is 64.6 cm³/mol. The SMILES string of the molecule is CC(=O)NC1=CCC(N)(N)c2c(O)cccc21. The van der Waals surface area contributed by atoms with Crippen molar-refractivity contribution in [3.63, 3.8) is 0 Å². The summed E-state index contributed by atoms with van der Waals surface area (Å²) in [4.78, 5) is 11.1. The van der Waals surface area contributed by atoms with E-state index in [-0.39, 0.29) is 11.7 Å². The fourth-order valence-electron chi connectivity index (χ4n) is 2.04. The molecular formula is C12H15N3O2. The molecule has 0 heterocycles. The summed E-state index contributed by atoms with van der Waals surface area (Å²) in [5.74, 6) is -0.129. The van der Waals surface area contributed by atoms with Crippen LogP contribution < -0.4 is 16.8 Å². The smallest absolute Gasteiger partial charge is 0.221 e. The number of rotatable bonds is 1. The zero-order chi connectivity index (χ0) is 12.6. The van der Waals surface area contributed by atoms with Crippen molar-refractivity contribution < 1.29 is 9.90 Å². The molecule has 1 aliphatic rings. The molecule has 1 amide bonds. The van der Waals surface area contributed by atoms with Crippen LogP contribution in [0.5, 0.6) is 5.75 Å². The van der Waals surface area contributed by atoms with Gasteiger partial charge < -0.3 is 21.9 Å². The Bertz CT molecular complexity index is 506. The largest absolute Gasteiger partial charge is 0.508 e. The third-order valence-electron chi connectivity index (χ3n) is 2.75. The molecular weight excluding hydrogens is 218 g/mol. The van der Waals surface area contributed by atoms with Gasteiger partial charge in [-0.3, -0.25) is 4.79 Å². The number of benzene rings is 1. The first kappa shape index (κ1) is 11.6. The number of hydrogen-bond donors (Lipinski definition) is 4. The molecule has 1 aromatic carbocycles. The number of carbonyl (C=O) groups excluding carboxylic acids is 1. The Morgan fingerprint density at radius 2 is 2.18 bits per heavy atom. The topological polar surface area (TPSA) is 101 Å². The van der Waals surface area contributed by atoms with Gasteiger partial charge in [0.15, 0.2) is 0 Å². The second kappa shape index (κ2) is 3.87. The van der Waals surface area contributed by atoms with Crippen molar-refractivity contribution in [2.75, 3.05) is 0 Å². The van der Waals surface area contributed by atoms with E-state index < -0.39 is 5.66 Å². The lowest BCUT2D eigenvalue weighted by Crippen LogP contribution is -2.48. The third kappa shape index (κ3) is 2.02.